The van der Waals surface area contributed by atoms with Gasteiger partial charge < -0.3 is 0 Å². The van der Waals surface area contributed by atoms with Crippen LogP contribution in [0, 0.1) is 10.8 Å². The highest BCUT2D eigenvalue weighted by molar-refractivity contribution is 5.32. The summed E-state index contributed by atoms with van der Waals surface area (Å²) < 4.78 is 0. The quantitative estimate of drug-likeness (QED) is 0.371. The van der Waals surface area contributed by atoms with Gasteiger partial charge in [0.1, 0.15) is 0 Å². The van der Waals surface area contributed by atoms with Gasteiger partial charge in [-0.2, -0.15) is 0 Å². The van der Waals surface area contributed by atoms with Crippen molar-refractivity contribution in [3.8, 4) is 0 Å². The van der Waals surface area contributed by atoms with E-state index in [4.69, 9.17) is 0 Å². The molecule has 0 amide bonds. The van der Waals surface area contributed by atoms with E-state index in [0.29, 0.717) is 0 Å². The highest BCUT2D eigenvalue weighted by Gasteiger charge is 2.32. The van der Waals surface area contributed by atoms with Crippen LogP contribution < -0.4 is 0 Å². The molecule has 1 aromatic carbocycles. The lowest BCUT2D eigenvalue weighted by Crippen LogP contribution is -2.28. The standard InChI is InChI=1S/C26H42/c1-11-17-23(3,4)19-25(7,8)21-13-15-22(16-14-21)26(9,10)20-24(5,6)18-12-2/h11-16H,1-2,17-20H2,3-10H3. The Kier molecular flexibility index (Phi) is 7.13. The second-order valence-electron chi connectivity index (χ2n) is 11.0. The zero-order valence-electron chi connectivity index (χ0n) is 18.7. The Morgan fingerprint density at radius 3 is 1.12 bits per heavy atom. The van der Waals surface area contributed by atoms with Crippen LogP contribution in [0.25, 0.3) is 0 Å². The summed E-state index contributed by atoms with van der Waals surface area (Å²) in [5.41, 5.74) is 3.74. The van der Waals surface area contributed by atoms with Crippen LogP contribution in [0.5, 0.6) is 0 Å². The SMILES string of the molecule is C=CCC(C)(C)CC(C)(C)c1ccc(C(C)(C)CC(C)(C)CC=C)cc1. The Morgan fingerprint density at radius 1 is 0.615 bits per heavy atom. The van der Waals surface area contributed by atoms with Gasteiger partial charge in [0.25, 0.3) is 0 Å². The molecule has 1 aromatic rings. The molecule has 0 spiro atoms. The molecule has 0 saturated heterocycles. The molecule has 0 aliphatic rings. The van der Waals surface area contributed by atoms with E-state index >= 15 is 0 Å². The van der Waals surface area contributed by atoms with Gasteiger partial charge in [0.2, 0.25) is 0 Å². The second-order valence-corrected chi connectivity index (χ2v) is 11.0. The minimum Gasteiger partial charge on any atom is -0.103 e. The van der Waals surface area contributed by atoms with E-state index in [-0.39, 0.29) is 21.7 Å². The average Bonchev–Trinajstić information content (AvgIpc) is 2.44. The van der Waals surface area contributed by atoms with E-state index in [9.17, 15) is 0 Å². The summed E-state index contributed by atoms with van der Waals surface area (Å²) in [7, 11) is 0. The topological polar surface area (TPSA) is 0 Å². The van der Waals surface area contributed by atoms with Crippen LogP contribution in [0.15, 0.2) is 49.6 Å². The van der Waals surface area contributed by atoms with Crippen LogP contribution in [0.4, 0.5) is 0 Å². The van der Waals surface area contributed by atoms with Gasteiger partial charge >= 0.3 is 0 Å². The molecule has 0 saturated carbocycles. The van der Waals surface area contributed by atoms with Gasteiger partial charge in [0.15, 0.2) is 0 Å². The number of allylic oxidation sites excluding steroid dienone is 2. The lowest BCUT2D eigenvalue weighted by Gasteiger charge is -2.37. The first-order chi connectivity index (χ1) is 11.7. The van der Waals surface area contributed by atoms with Gasteiger partial charge in [-0.3, -0.25) is 0 Å². The second kappa shape index (κ2) is 8.15. The first kappa shape index (κ1) is 22.7. The molecule has 1 rings (SSSR count). The third kappa shape index (κ3) is 6.45. The molecule has 0 atom stereocenters. The monoisotopic (exact) mass is 354 g/mol. The molecule has 26 heavy (non-hydrogen) atoms. The predicted molar refractivity (Wildman–Crippen MR) is 119 cm³/mol. The smallest absolute Gasteiger partial charge is 0.00984 e. The van der Waals surface area contributed by atoms with Crippen molar-refractivity contribution in [3.63, 3.8) is 0 Å². The van der Waals surface area contributed by atoms with E-state index in [1.807, 2.05) is 12.2 Å². The number of hydrogen-bond donors (Lipinski definition) is 0. The zero-order chi connectivity index (χ0) is 20.2. The Labute approximate surface area is 163 Å². The lowest BCUT2D eigenvalue weighted by atomic mass is 9.68. The Balaban J connectivity index is 3.00. The summed E-state index contributed by atoms with van der Waals surface area (Å²) in [6.07, 6.45) is 8.52. The Hall–Kier alpha value is -1.30. The van der Waals surface area contributed by atoms with Gasteiger partial charge in [-0.25, -0.2) is 0 Å². The fraction of sp³-hybridized carbons (Fsp3) is 0.615. The molecule has 0 aromatic heterocycles. The third-order valence-corrected chi connectivity index (χ3v) is 5.68. The fourth-order valence-electron chi connectivity index (χ4n) is 4.90. The van der Waals surface area contributed by atoms with Gasteiger partial charge in [-0.05, 0) is 58.5 Å². The molecular weight excluding hydrogens is 312 g/mol. The normalized spacial score (nSPS) is 13.5. The number of hydrogen-bond acceptors (Lipinski definition) is 0. The minimum atomic E-state index is 0.164. The summed E-state index contributed by atoms with van der Waals surface area (Å²) >= 11 is 0. The molecule has 0 fully saturated rings. The number of benzene rings is 1. The molecule has 0 aliphatic carbocycles. The van der Waals surface area contributed by atoms with Gasteiger partial charge in [0.05, 0.1) is 0 Å². The molecule has 0 aliphatic heterocycles. The molecule has 0 heteroatoms. The van der Waals surface area contributed by atoms with E-state index in [2.05, 4.69) is 92.8 Å². The fourth-order valence-corrected chi connectivity index (χ4v) is 4.90. The first-order valence-corrected chi connectivity index (χ1v) is 10.1. The maximum atomic E-state index is 3.92. The van der Waals surface area contributed by atoms with Crippen molar-refractivity contribution in [3.05, 3.63) is 60.7 Å². The predicted octanol–water partition coefficient (Wildman–Crippen LogP) is 8.23. The van der Waals surface area contributed by atoms with Gasteiger partial charge in [-0.15, -0.1) is 13.2 Å². The van der Waals surface area contributed by atoms with Crippen molar-refractivity contribution in [1.82, 2.24) is 0 Å². The van der Waals surface area contributed by atoms with Crippen LogP contribution in [0.3, 0.4) is 0 Å². The van der Waals surface area contributed by atoms with Crippen molar-refractivity contribution in [2.45, 2.75) is 91.9 Å². The first-order valence-electron chi connectivity index (χ1n) is 10.1. The summed E-state index contributed by atoms with van der Waals surface area (Å²) in [4.78, 5) is 0. The minimum absolute atomic E-state index is 0.164. The molecule has 0 heterocycles. The van der Waals surface area contributed by atoms with Crippen molar-refractivity contribution in [1.29, 1.82) is 0 Å². The van der Waals surface area contributed by atoms with Crippen LogP contribution in [0.1, 0.15) is 92.2 Å². The van der Waals surface area contributed by atoms with Crippen LogP contribution in [-0.2, 0) is 10.8 Å². The summed E-state index contributed by atoms with van der Waals surface area (Å²) in [6.45, 7) is 26.7. The van der Waals surface area contributed by atoms with E-state index in [1.165, 1.54) is 11.1 Å². The van der Waals surface area contributed by atoms with Crippen LogP contribution in [0.2, 0.25) is 0 Å². The molecule has 146 valence electrons. The highest BCUT2D eigenvalue weighted by Crippen LogP contribution is 2.41. The van der Waals surface area contributed by atoms with Crippen LogP contribution in [-0.4, -0.2) is 0 Å². The maximum Gasteiger partial charge on any atom is -0.00984 e. The summed E-state index contributed by atoms with van der Waals surface area (Å²) in [5, 5.41) is 0. The van der Waals surface area contributed by atoms with Crippen molar-refractivity contribution < 1.29 is 0 Å². The van der Waals surface area contributed by atoms with Gasteiger partial charge in [0, 0.05) is 0 Å². The molecule has 0 N–H and O–H groups in total. The molecule has 0 bridgehead atoms. The van der Waals surface area contributed by atoms with Crippen molar-refractivity contribution in [2.24, 2.45) is 10.8 Å². The molecule has 0 radical (unpaired) electrons. The van der Waals surface area contributed by atoms with Crippen molar-refractivity contribution >= 4 is 0 Å². The largest absolute Gasteiger partial charge is 0.103 e. The third-order valence-electron chi connectivity index (χ3n) is 5.68. The van der Waals surface area contributed by atoms with E-state index < -0.39 is 0 Å². The maximum absolute atomic E-state index is 3.92. The molecule has 0 unspecified atom stereocenters. The number of rotatable bonds is 10. The average molecular weight is 355 g/mol. The highest BCUT2D eigenvalue weighted by atomic mass is 14.4. The lowest BCUT2D eigenvalue weighted by molar-refractivity contribution is 0.257. The Bertz CT molecular complexity index is 538. The molecule has 0 nitrogen and oxygen atoms in total. The van der Waals surface area contributed by atoms with Crippen LogP contribution >= 0.6 is 0 Å². The van der Waals surface area contributed by atoms with Crippen molar-refractivity contribution in [2.75, 3.05) is 0 Å². The summed E-state index contributed by atoms with van der Waals surface area (Å²) in [5.74, 6) is 0. The van der Waals surface area contributed by atoms with E-state index in [1.54, 1.807) is 0 Å². The molecular formula is C26H42. The van der Waals surface area contributed by atoms with Gasteiger partial charge in [-0.1, -0.05) is 91.8 Å². The summed E-state index contributed by atoms with van der Waals surface area (Å²) in [6, 6.07) is 9.40. The zero-order valence-corrected chi connectivity index (χ0v) is 18.7. The van der Waals surface area contributed by atoms with E-state index in [0.717, 1.165) is 25.7 Å². The Morgan fingerprint density at radius 2 is 0.885 bits per heavy atom.